The van der Waals surface area contributed by atoms with Gasteiger partial charge in [0.1, 0.15) is 11.9 Å². The van der Waals surface area contributed by atoms with Crippen molar-refractivity contribution in [1.29, 1.82) is 0 Å². The van der Waals surface area contributed by atoms with Crippen LogP contribution in [0.2, 0.25) is 0 Å². The molecule has 1 aliphatic rings. The molecule has 126 valence electrons. The zero-order chi connectivity index (χ0) is 16.8. The molecule has 0 amide bonds. The maximum absolute atomic E-state index is 11.4. The highest BCUT2D eigenvalue weighted by Gasteiger charge is 2.23. The monoisotopic (exact) mass is 324 g/mol. The molecule has 0 bridgehead atoms. The molecule has 1 aliphatic carbocycles. The van der Waals surface area contributed by atoms with Crippen LogP contribution in [0.25, 0.3) is 0 Å². The first-order valence-electron chi connectivity index (χ1n) is 8.75. The predicted molar refractivity (Wildman–Crippen MR) is 94.1 cm³/mol. The van der Waals surface area contributed by atoms with Crippen molar-refractivity contribution >= 4 is 5.97 Å². The van der Waals surface area contributed by atoms with Crippen molar-refractivity contribution in [2.45, 2.75) is 45.1 Å². The Kier molecular flexibility index (Phi) is 5.52. The number of esters is 1. The molecule has 1 atom stereocenters. The highest BCUT2D eigenvalue weighted by molar-refractivity contribution is 5.69. The fourth-order valence-electron chi connectivity index (χ4n) is 3.25. The number of rotatable bonds is 7. The smallest absolute Gasteiger partial charge is 0.305 e. The lowest BCUT2D eigenvalue weighted by Crippen LogP contribution is -2.05. The first kappa shape index (κ1) is 16.6. The molecule has 2 aromatic carbocycles. The fourth-order valence-corrected chi connectivity index (χ4v) is 3.25. The van der Waals surface area contributed by atoms with E-state index in [-0.39, 0.29) is 12.1 Å². The van der Waals surface area contributed by atoms with Crippen molar-refractivity contribution in [3.05, 3.63) is 65.2 Å². The van der Waals surface area contributed by atoms with Gasteiger partial charge in [-0.3, -0.25) is 4.79 Å². The van der Waals surface area contributed by atoms with Gasteiger partial charge >= 0.3 is 5.97 Å². The minimum Gasteiger partial charge on any atom is -0.486 e. The van der Waals surface area contributed by atoms with Crippen LogP contribution in [0.1, 0.15) is 49.0 Å². The summed E-state index contributed by atoms with van der Waals surface area (Å²) >= 11 is 0. The number of hydrogen-bond donors (Lipinski definition) is 0. The van der Waals surface area contributed by atoms with Gasteiger partial charge in [0, 0.05) is 6.42 Å². The molecule has 0 N–H and O–H groups in total. The predicted octanol–water partition coefficient (Wildman–Crippen LogP) is 4.64. The van der Waals surface area contributed by atoms with Crippen molar-refractivity contribution in [1.82, 2.24) is 0 Å². The van der Waals surface area contributed by atoms with Crippen LogP contribution < -0.4 is 4.74 Å². The first-order chi connectivity index (χ1) is 11.8. The quantitative estimate of drug-likeness (QED) is 0.696. The zero-order valence-electron chi connectivity index (χ0n) is 14.2. The van der Waals surface area contributed by atoms with Gasteiger partial charge in [0.2, 0.25) is 0 Å². The van der Waals surface area contributed by atoms with Gasteiger partial charge < -0.3 is 9.47 Å². The Morgan fingerprint density at radius 2 is 2.04 bits per heavy atom. The number of benzene rings is 2. The molecule has 3 rings (SSSR count). The van der Waals surface area contributed by atoms with Crippen molar-refractivity contribution in [2.24, 2.45) is 0 Å². The molecule has 2 aromatic rings. The molecule has 1 unspecified atom stereocenters. The summed E-state index contributed by atoms with van der Waals surface area (Å²) in [5, 5.41) is 0. The molecular weight excluding hydrogens is 300 g/mol. The van der Waals surface area contributed by atoms with Crippen LogP contribution in [0.3, 0.4) is 0 Å². The van der Waals surface area contributed by atoms with Crippen LogP contribution in [0.5, 0.6) is 5.75 Å². The van der Waals surface area contributed by atoms with E-state index in [1.807, 2.05) is 19.1 Å². The van der Waals surface area contributed by atoms with Crippen molar-refractivity contribution in [3.8, 4) is 5.75 Å². The van der Waals surface area contributed by atoms with Gasteiger partial charge in [0.25, 0.3) is 0 Å². The molecule has 0 radical (unpaired) electrons. The van der Waals surface area contributed by atoms with E-state index in [9.17, 15) is 4.79 Å². The third-order valence-electron chi connectivity index (χ3n) is 4.41. The highest BCUT2D eigenvalue weighted by atomic mass is 16.5. The summed E-state index contributed by atoms with van der Waals surface area (Å²) in [7, 11) is 0. The Balaban J connectivity index is 1.57. The highest BCUT2D eigenvalue weighted by Crippen LogP contribution is 2.34. The molecule has 0 saturated carbocycles. The van der Waals surface area contributed by atoms with E-state index < -0.39 is 0 Å². The zero-order valence-corrected chi connectivity index (χ0v) is 14.2. The second kappa shape index (κ2) is 8.00. The van der Waals surface area contributed by atoms with Gasteiger partial charge in [-0.15, -0.1) is 0 Å². The normalized spacial score (nSPS) is 15.8. The SMILES string of the molecule is CCOC(=O)CCCc1cccc(OC2CCc3ccccc32)c1. The van der Waals surface area contributed by atoms with E-state index in [0.29, 0.717) is 13.0 Å². The molecule has 0 aromatic heterocycles. The van der Waals surface area contributed by atoms with Gasteiger partial charge in [-0.2, -0.15) is 0 Å². The Labute approximate surface area is 143 Å². The summed E-state index contributed by atoms with van der Waals surface area (Å²) in [4.78, 5) is 11.4. The van der Waals surface area contributed by atoms with E-state index in [4.69, 9.17) is 9.47 Å². The van der Waals surface area contributed by atoms with Crippen LogP contribution in [0.4, 0.5) is 0 Å². The minimum atomic E-state index is -0.118. The Hall–Kier alpha value is -2.29. The molecule has 3 heteroatoms. The van der Waals surface area contributed by atoms with Crippen LogP contribution in [-0.4, -0.2) is 12.6 Å². The lowest BCUT2D eigenvalue weighted by molar-refractivity contribution is -0.143. The Bertz CT molecular complexity index is 693. The summed E-state index contributed by atoms with van der Waals surface area (Å²) in [5.41, 5.74) is 3.90. The number of aryl methyl sites for hydroxylation is 2. The second-order valence-corrected chi connectivity index (χ2v) is 6.15. The molecule has 0 spiro atoms. The number of carbonyl (C=O) groups excluding carboxylic acids is 1. The van der Waals surface area contributed by atoms with Crippen molar-refractivity contribution < 1.29 is 14.3 Å². The van der Waals surface area contributed by atoms with Crippen LogP contribution in [0, 0.1) is 0 Å². The largest absolute Gasteiger partial charge is 0.486 e. The number of fused-ring (bicyclic) bond motifs is 1. The topological polar surface area (TPSA) is 35.5 Å². The van der Waals surface area contributed by atoms with E-state index in [1.54, 1.807) is 0 Å². The van der Waals surface area contributed by atoms with Gasteiger partial charge in [0.05, 0.1) is 6.61 Å². The number of carbonyl (C=O) groups is 1. The Morgan fingerprint density at radius 1 is 1.17 bits per heavy atom. The lowest BCUT2D eigenvalue weighted by Gasteiger charge is -2.15. The van der Waals surface area contributed by atoms with E-state index >= 15 is 0 Å². The molecule has 0 fully saturated rings. The van der Waals surface area contributed by atoms with E-state index in [2.05, 4.69) is 36.4 Å². The molecule has 3 nitrogen and oxygen atoms in total. The van der Waals surface area contributed by atoms with Crippen LogP contribution >= 0.6 is 0 Å². The molecular formula is C21H24O3. The summed E-state index contributed by atoms with van der Waals surface area (Å²) in [6, 6.07) is 16.7. The average molecular weight is 324 g/mol. The van der Waals surface area contributed by atoms with Crippen molar-refractivity contribution in [3.63, 3.8) is 0 Å². The standard InChI is InChI=1S/C21H24O3/c1-2-23-21(22)12-6-8-16-7-5-10-18(15-16)24-20-14-13-17-9-3-4-11-19(17)20/h3-5,7,9-11,15,20H,2,6,8,12-14H2,1H3. The van der Waals surface area contributed by atoms with Crippen LogP contribution in [0.15, 0.2) is 48.5 Å². The third-order valence-corrected chi connectivity index (χ3v) is 4.41. The third kappa shape index (κ3) is 4.16. The maximum Gasteiger partial charge on any atom is 0.305 e. The Morgan fingerprint density at radius 3 is 2.92 bits per heavy atom. The molecule has 24 heavy (non-hydrogen) atoms. The maximum atomic E-state index is 11.4. The lowest BCUT2D eigenvalue weighted by atomic mass is 10.1. The van der Waals surface area contributed by atoms with Gasteiger partial charge in [0.15, 0.2) is 0 Å². The number of ether oxygens (including phenoxy) is 2. The minimum absolute atomic E-state index is 0.118. The van der Waals surface area contributed by atoms with Gasteiger partial charge in [-0.05, 0) is 61.4 Å². The van der Waals surface area contributed by atoms with Crippen molar-refractivity contribution in [2.75, 3.05) is 6.61 Å². The average Bonchev–Trinajstić information content (AvgIpc) is 2.99. The molecule has 0 saturated heterocycles. The molecule has 0 heterocycles. The summed E-state index contributed by atoms with van der Waals surface area (Å²) in [5.74, 6) is 0.790. The first-order valence-corrected chi connectivity index (χ1v) is 8.75. The van der Waals surface area contributed by atoms with Crippen LogP contribution in [-0.2, 0) is 22.4 Å². The van der Waals surface area contributed by atoms with E-state index in [0.717, 1.165) is 31.4 Å². The molecule has 0 aliphatic heterocycles. The summed E-state index contributed by atoms with van der Waals surface area (Å²) in [6.45, 7) is 2.28. The number of hydrogen-bond acceptors (Lipinski definition) is 3. The summed E-state index contributed by atoms with van der Waals surface area (Å²) < 4.78 is 11.2. The van der Waals surface area contributed by atoms with Gasteiger partial charge in [-0.25, -0.2) is 0 Å². The van der Waals surface area contributed by atoms with E-state index in [1.165, 1.54) is 16.7 Å². The summed E-state index contributed by atoms with van der Waals surface area (Å²) in [6.07, 6.45) is 4.39. The fraction of sp³-hybridized carbons (Fsp3) is 0.381. The van der Waals surface area contributed by atoms with Gasteiger partial charge in [-0.1, -0.05) is 36.4 Å². The second-order valence-electron chi connectivity index (χ2n) is 6.15.